The third-order valence-corrected chi connectivity index (χ3v) is 3.26. The largest absolute Gasteiger partial charge is 0.399 e. The zero-order valence-corrected chi connectivity index (χ0v) is 11.2. The van der Waals surface area contributed by atoms with Crippen LogP contribution in [0.1, 0.15) is 0 Å². The van der Waals surface area contributed by atoms with Crippen LogP contribution in [-0.2, 0) is 0 Å². The molecule has 3 aromatic rings. The molecule has 0 saturated carbocycles. The number of nitrogens with zero attached hydrogens (tertiary/aromatic N) is 1. The standard InChI is InChI=1S/C15H11ClFN3/c16-12-8-10(2-4-13(12)17)20-14-5-6-19-15-7-9(18)1-3-11(14)15/h1-8H,18H2,(H,19,20). The Hall–Kier alpha value is -2.33. The van der Waals surface area contributed by atoms with Gasteiger partial charge in [0.25, 0.3) is 0 Å². The summed E-state index contributed by atoms with van der Waals surface area (Å²) in [6.07, 6.45) is 1.69. The number of benzene rings is 2. The second-order valence-corrected chi connectivity index (χ2v) is 4.80. The fraction of sp³-hybridized carbons (Fsp3) is 0. The Morgan fingerprint density at radius 3 is 2.75 bits per heavy atom. The molecule has 0 atom stereocenters. The molecule has 0 spiro atoms. The summed E-state index contributed by atoms with van der Waals surface area (Å²) >= 11 is 5.78. The number of nitrogens with two attached hydrogens (primary N) is 1. The summed E-state index contributed by atoms with van der Waals surface area (Å²) < 4.78 is 13.2. The molecule has 0 fully saturated rings. The van der Waals surface area contributed by atoms with Crippen LogP contribution in [0.5, 0.6) is 0 Å². The van der Waals surface area contributed by atoms with Gasteiger partial charge >= 0.3 is 0 Å². The maximum atomic E-state index is 13.2. The fourth-order valence-corrected chi connectivity index (χ4v) is 2.18. The maximum Gasteiger partial charge on any atom is 0.141 e. The van der Waals surface area contributed by atoms with Crippen molar-refractivity contribution < 1.29 is 4.39 Å². The average Bonchev–Trinajstić information content (AvgIpc) is 2.43. The quantitative estimate of drug-likeness (QED) is 0.689. The number of hydrogen-bond donors (Lipinski definition) is 2. The lowest BCUT2D eigenvalue weighted by Crippen LogP contribution is -1.94. The molecule has 1 aromatic heterocycles. The van der Waals surface area contributed by atoms with Crippen molar-refractivity contribution in [2.24, 2.45) is 0 Å². The molecule has 3 nitrogen and oxygen atoms in total. The van der Waals surface area contributed by atoms with Crippen molar-refractivity contribution >= 4 is 39.6 Å². The number of rotatable bonds is 2. The van der Waals surface area contributed by atoms with Crippen molar-refractivity contribution in [2.45, 2.75) is 0 Å². The Morgan fingerprint density at radius 1 is 1.10 bits per heavy atom. The van der Waals surface area contributed by atoms with Crippen LogP contribution in [-0.4, -0.2) is 4.98 Å². The Bertz CT molecular complexity index is 789. The van der Waals surface area contributed by atoms with E-state index in [2.05, 4.69) is 10.3 Å². The van der Waals surface area contributed by atoms with Crippen molar-refractivity contribution in [1.82, 2.24) is 4.98 Å². The van der Waals surface area contributed by atoms with Gasteiger partial charge in [0.05, 0.1) is 10.5 Å². The molecular weight excluding hydrogens is 277 g/mol. The fourth-order valence-electron chi connectivity index (χ4n) is 2.00. The lowest BCUT2D eigenvalue weighted by atomic mass is 10.1. The summed E-state index contributed by atoms with van der Waals surface area (Å²) in [4.78, 5) is 4.27. The van der Waals surface area contributed by atoms with Gasteiger partial charge in [-0.3, -0.25) is 4.98 Å². The Labute approximate surface area is 120 Å². The number of anilines is 3. The molecule has 5 heteroatoms. The molecule has 0 unspecified atom stereocenters. The Morgan fingerprint density at radius 2 is 1.95 bits per heavy atom. The second-order valence-electron chi connectivity index (χ2n) is 4.39. The molecule has 0 amide bonds. The number of halogens is 2. The molecule has 0 aliphatic carbocycles. The third-order valence-electron chi connectivity index (χ3n) is 2.97. The lowest BCUT2D eigenvalue weighted by molar-refractivity contribution is 0.628. The first kappa shape index (κ1) is 12.7. The number of fused-ring (bicyclic) bond motifs is 1. The first-order chi connectivity index (χ1) is 9.63. The third kappa shape index (κ3) is 2.38. The SMILES string of the molecule is Nc1ccc2c(Nc3ccc(F)c(Cl)c3)ccnc2c1. The summed E-state index contributed by atoms with van der Waals surface area (Å²) in [6, 6.07) is 11.9. The molecule has 0 aliphatic heterocycles. The average molecular weight is 288 g/mol. The summed E-state index contributed by atoms with van der Waals surface area (Å²) in [6.45, 7) is 0. The second kappa shape index (κ2) is 4.98. The molecule has 0 saturated heterocycles. The van der Waals surface area contributed by atoms with E-state index >= 15 is 0 Å². The predicted molar refractivity (Wildman–Crippen MR) is 80.8 cm³/mol. The van der Waals surface area contributed by atoms with Gasteiger partial charge in [0, 0.05) is 28.6 Å². The molecular formula is C15H11ClFN3. The van der Waals surface area contributed by atoms with Crippen LogP contribution in [0.25, 0.3) is 10.9 Å². The molecule has 0 aliphatic rings. The van der Waals surface area contributed by atoms with E-state index in [0.717, 1.165) is 16.6 Å². The number of nitrogen functional groups attached to an aromatic ring is 1. The first-order valence-electron chi connectivity index (χ1n) is 6.00. The topological polar surface area (TPSA) is 50.9 Å². The first-order valence-corrected chi connectivity index (χ1v) is 6.37. The molecule has 20 heavy (non-hydrogen) atoms. The van der Waals surface area contributed by atoms with Crippen LogP contribution >= 0.6 is 11.6 Å². The Balaban J connectivity index is 2.04. The molecule has 3 N–H and O–H groups in total. The zero-order chi connectivity index (χ0) is 14.1. The van der Waals surface area contributed by atoms with Gasteiger partial charge in [-0.05, 0) is 42.5 Å². The van der Waals surface area contributed by atoms with Gasteiger partial charge in [-0.2, -0.15) is 0 Å². The number of pyridine rings is 1. The number of nitrogens with one attached hydrogen (secondary N) is 1. The van der Waals surface area contributed by atoms with Crippen LogP contribution in [0.4, 0.5) is 21.5 Å². The van der Waals surface area contributed by atoms with Gasteiger partial charge in [0.1, 0.15) is 5.82 Å². The maximum absolute atomic E-state index is 13.2. The summed E-state index contributed by atoms with van der Waals surface area (Å²) in [5, 5.41) is 4.22. The number of aromatic nitrogens is 1. The van der Waals surface area contributed by atoms with Gasteiger partial charge in [-0.1, -0.05) is 11.6 Å². The van der Waals surface area contributed by atoms with E-state index in [1.54, 1.807) is 24.4 Å². The van der Waals surface area contributed by atoms with Crippen molar-refractivity contribution in [2.75, 3.05) is 11.1 Å². The molecule has 1 heterocycles. The normalized spacial score (nSPS) is 10.7. The summed E-state index contributed by atoms with van der Waals surface area (Å²) in [5.74, 6) is -0.440. The predicted octanol–water partition coefficient (Wildman–Crippen LogP) is 4.35. The highest BCUT2D eigenvalue weighted by Gasteiger charge is 2.05. The van der Waals surface area contributed by atoms with Gasteiger partial charge < -0.3 is 11.1 Å². The molecule has 0 bridgehead atoms. The van der Waals surface area contributed by atoms with Crippen molar-refractivity contribution in [3.63, 3.8) is 0 Å². The highest BCUT2D eigenvalue weighted by molar-refractivity contribution is 6.31. The zero-order valence-electron chi connectivity index (χ0n) is 10.4. The van der Waals surface area contributed by atoms with Crippen LogP contribution in [0, 0.1) is 5.82 Å². The van der Waals surface area contributed by atoms with E-state index in [4.69, 9.17) is 17.3 Å². The van der Waals surface area contributed by atoms with Crippen LogP contribution < -0.4 is 11.1 Å². The van der Waals surface area contributed by atoms with E-state index in [9.17, 15) is 4.39 Å². The summed E-state index contributed by atoms with van der Waals surface area (Å²) in [7, 11) is 0. The van der Waals surface area contributed by atoms with E-state index in [1.807, 2.05) is 18.2 Å². The van der Waals surface area contributed by atoms with Gasteiger partial charge in [-0.15, -0.1) is 0 Å². The van der Waals surface area contributed by atoms with Crippen molar-refractivity contribution in [3.8, 4) is 0 Å². The van der Waals surface area contributed by atoms with Crippen LogP contribution in [0.2, 0.25) is 5.02 Å². The smallest absolute Gasteiger partial charge is 0.141 e. The van der Waals surface area contributed by atoms with Crippen molar-refractivity contribution in [3.05, 3.63) is 59.5 Å². The van der Waals surface area contributed by atoms with E-state index in [-0.39, 0.29) is 5.02 Å². The van der Waals surface area contributed by atoms with E-state index in [1.165, 1.54) is 6.07 Å². The minimum absolute atomic E-state index is 0.0811. The monoisotopic (exact) mass is 287 g/mol. The Kier molecular flexibility index (Phi) is 3.16. The lowest BCUT2D eigenvalue weighted by Gasteiger charge is -2.10. The molecule has 2 aromatic carbocycles. The van der Waals surface area contributed by atoms with Gasteiger partial charge in [0.15, 0.2) is 0 Å². The molecule has 3 rings (SSSR count). The minimum atomic E-state index is -0.440. The van der Waals surface area contributed by atoms with Gasteiger partial charge in [0.2, 0.25) is 0 Å². The number of hydrogen-bond acceptors (Lipinski definition) is 3. The highest BCUT2D eigenvalue weighted by Crippen LogP contribution is 2.28. The molecule has 100 valence electrons. The van der Waals surface area contributed by atoms with Crippen molar-refractivity contribution in [1.29, 1.82) is 0 Å². The van der Waals surface area contributed by atoms with E-state index < -0.39 is 5.82 Å². The molecule has 0 radical (unpaired) electrons. The minimum Gasteiger partial charge on any atom is -0.399 e. The van der Waals surface area contributed by atoms with Gasteiger partial charge in [-0.25, -0.2) is 4.39 Å². The van der Waals surface area contributed by atoms with Crippen LogP contribution in [0.3, 0.4) is 0 Å². The van der Waals surface area contributed by atoms with Crippen LogP contribution in [0.15, 0.2) is 48.7 Å². The highest BCUT2D eigenvalue weighted by atomic mass is 35.5. The van der Waals surface area contributed by atoms with E-state index in [0.29, 0.717) is 11.4 Å². The summed E-state index contributed by atoms with van der Waals surface area (Å²) in [5.41, 5.74) is 8.77.